The summed E-state index contributed by atoms with van der Waals surface area (Å²) in [4.78, 5) is 23.6. The summed E-state index contributed by atoms with van der Waals surface area (Å²) in [5, 5.41) is 17.6. The molecular formula is C11H10N4O3S. The van der Waals surface area contributed by atoms with Crippen LogP contribution in [0.1, 0.15) is 15.4 Å². The summed E-state index contributed by atoms with van der Waals surface area (Å²) in [7, 11) is 0. The van der Waals surface area contributed by atoms with Crippen molar-refractivity contribution < 1.29 is 14.7 Å². The van der Waals surface area contributed by atoms with E-state index in [-0.39, 0.29) is 16.3 Å². The molecule has 0 aliphatic carbocycles. The first-order valence-corrected chi connectivity index (χ1v) is 6.04. The van der Waals surface area contributed by atoms with Crippen molar-refractivity contribution in [1.82, 2.24) is 14.9 Å². The molecule has 0 radical (unpaired) electrons. The predicted octanol–water partition coefficient (Wildman–Crippen LogP) is 1.51. The number of urea groups is 1. The van der Waals surface area contributed by atoms with Gasteiger partial charge in [-0.25, -0.2) is 4.79 Å². The van der Waals surface area contributed by atoms with Gasteiger partial charge in [0.05, 0.1) is 11.4 Å². The van der Waals surface area contributed by atoms with E-state index >= 15 is 0 Å². The molecule has 3 amide bonds. The monoisotopic (exact) mass is 278 g/mol. The Morgan fingerprint density at radius 1 is 1.32 bits per heavy atom. The van der Waals surface area contributed by atoms with Gasteiger partial charge in [-0.3, -0.25) is 10.1 Å². The number of anilines is 1. The maximum atomic E-state index is 11.7. The number of carbonyl (C=O) groups excluding carboxylic acids is 2. The van der Waals surface area contributed by atoms with E-state index in [0.29, 0.717) is 5.69 Å². The van der Waals surface area contributed by atoms with Crippen LogP contribution in [0.5, 0.6) is 5.75 Å². The maximum absolute atomic E-state index is 11.7. The van der Waals surface area contributed by atoms with Crippen molar-refractivity contribution in [3.63, 3.8) is 0 Å². The molecule has 0 atom stereocenters. The molecule has 1 aromatic heterocycles. The molecule has 2 aromatic rings. The largest absolute Gasteiger partial charge is 0.506 e. The van der Waals surface area contributed by atoms with Crippen LogP contribution in [0.3, 0.4) is 0 Å². The Morgan fingerprint density at radius 2 is 2.05 bits per heavy atom. The highest BCUT2D eigenvalue weighted by molar-refractivity contribution is 7.08. The van der Waals surface area contributed by atoms with Gasteiger partial charge in [-0.1, -0.05) is 16.6 Å². The highest BCUT2D eigenvalue weighted by atomic mass is 32.1. The van der Waals surface area contributed by atoms with Gasteiger partial charge in [-0.2, -0.15) is 0 Å². The standard InChI is InChI=1S/C11H10N4O3S/c1-6-9(19-15-14-6)10(17)13-11(18)12-7-4-2-3-5-8(7)16/h2-5,16H,1H3,(H2,12,13,17,18). The van der Waals surface area contributed by atoms with E-state index in [4.69, 9.17) is 0 Å². The van der Waals surface area contributed by atoms with Crippen molar-refractivity contribution in [2.24, 2.45) is 0 Å². The van der Waals surface area contributed by atoms with Gasteiger partial charge >= 0.3 is 6.03 Å². The molecule has 3 N–H and O–H groups in total. The summed E-state index contributed by atoms with van der Waals surface area (Å²) < 4.78 is 3.61. The minimum atomic E-state index is -0.737. The molecule has 0 saturated carbocycles. The Balaban J connectivity index is 2.01. The van der Waals surface area contributed by atoms with Gasteiger partial charge in [0.15, 0.2) is 0 Å². The third-order valence-electron chi connectivity index (χ3n) is 2.24. The smallest absolute Gasteiger partial charge is 0.326 e. The van der Waals surface area contributed by atoms with E-state index in [9.17, 15) is 14.7 Å². The number of phenolic OH excluding ortho intramolecular Hbond substituents is 1. The molecule has 7 nitrogen and oxygen atoms in total. The lowest BCUT2D eigenvalue weighted by molar-refractivity contribution is 0.0970. The summed E-state index contributed by atoms with van der Waals surface area (Å²) in [6, 6.07) is 5.47. The van der Waals surface area contributed by atoms with Crippen molar-refractivity contribution in [3.05, 3.63) is 34.8 Å². The zero-order valence-electron chi connectivity index (χ0n) is 9.88. The van der Waals surface area contributed by atoms with Crippen LogP contribution in [0.25, 0.3) is 0 Å². The Morgan fingerprint density at radius 3 is 2.68 bits per heavy atom. The summed E-state index contributed by atoms with van der Waals surface area (Å²) in [5.74, 6) is -0.666. The number of aromatic nitrogens is 2. The third-order valence-corrected chi connectivity index (χ3v) is 3.06. The topological polar surface area (TPSA) is 104 Å². The minimum absolute atomic E-state index is 0.0827. The number of nitrogens with zero attached hydrogens (tertiary/aromatic N) is 2. The molecule has 8 heteroatoms. The Bertz CT molecular complexity index is 626. The SMILES string of the molecule is Cc1nnsc1C(=O)NC(=O)Nc1ccccc1O. The fourth-order valence-electron chi connectivity index (χ4n) is 1.33. The third kappa shape index (κ3) is 3.05. The minimum Gasteiger partial charge on any atom is -0.506 e. The van der Waals surface area contributed by atoms with Crippen LogP contribution in [0.4, 0.5) is 10.5 Å². The van der Waals surface area contributed by atoms with Crippen LogP contribution in [0.15, 0.2) is 24.3 Å². The van der Waals surface area contributed by atoms with Gasteiger partial charge < -0.3 is 10.4 Å². The molecule has 2 rings (SSSR count). The number of hydrogen-bond acceptors (Lipinski definition) is 6. The number of nitrogens with one attached hydrogen (secondary N) is 2. The van der Waals surface area contributed by atoms with Crippen LogP contribution < -0.4 is 10.6 Å². The summed E-state index contributed by atoms with van der Waals surface area (Å²) >= 11 is 0.907. The number of aromatic hydroxyl groups is 1. The Labute approximate surface area is 112 Å². The van der Waals surface area contributed by atoms with E-state index in [1.807, 2.05) is 0 Å². The van der Waals surface area contributed by atoms with Gasteiger partial charge in [0, 0.05) is 0 Å². The average molecular weight is 278 g/mol. The second-order valence-electron chi connectivity index (χ2n) is 3.61. The maximum Gasteiger partial charge on any atom is 0.326 e. The average Bonchev–Trinajstić information content (AvgIpc) is 2.78. The van der Waals surface area contributed by atoms with E-state index in [0.717, 1.165) is 11.5 Å². The first kappa shape index (κ1) is 13.0. The molecular weight excluding hydrogens is 268 g/mol. The van der Waals surface area contributed by atoms with Crippen LogP contribution in [-0.4, -0.2) is 26.6 Å². The van der Waals surface area contributed by atoms with Gasteiger partial charge in [0.1, 0.15) is 10.6 Å². The number of aryl methyl sites for hydroxylation is 1. The fraction of sp³-hybridized carbons (Fsp3) is 0.0909. The van der Waals surface area contributed by atoms with Gasteiger partial charge in [0.25, 0.3) is 5.91 Å². The molecule has 0 fully saturated rings. The number of rotatable bonds is 2. The molecule has 0 unspecified atom stereocenters. The van der Waals surface area contributed by atoms with Crippen LogP contribution in [0, 0.1) is 6.92 Å². The van der Waals surface area contributed by atoms with E-state index in [1.54, 1.807) is 19.1 Å². The normalized spacial score (nSPS) is 9.95. The quantitative estimate of drug-likeness (QED) is 0.722. The highest BCUT2D eigenvalue weighted by Gasteiger charge is 2.16. The number of hydrogen-bond donors (Lipinski definition) is 3. The lowest BCUT2D eigenvalue weighted by Gasteiger charge is -2.07. The predicted molar refractivity (Wildman–Crippen MR) is 69.2 cm³/mol. The zero-order valence-corrected chi connectivity index (χ0v) is 10.7. The molecule has 1 heterocycles. The Kier molecular flexibility index (Phi) is 3.71. The summed E-state index contributed by atoms with van der Waals surface area (Å²) in [6.07, 6.45) is 0. The molecule has 98 valence electrons. The zero-order chi connectivity index (χ0) is 13.8. The Hall–Kier alpha value is -2.48. The molecule has 0 aliphatic rings. The second kappa shape index (κ2) is 5.44. The highest BCUT2D eigenvalue weighted by Crippen LogP contribution is 2.21. The van der Waals surface area contributed by atoms with Crippen LogP contribution in [-0.2, 0) is 0 Å². The summed E-state index contributed by atoms with van der Waals surface area (Å²) in [6.45, 7) is 1.62. The number of carbonyl (C=O) groups is 2. The molecule has 19 heavy (non-hydrogen) atoms. The number of imide groups is 1. The molecule has 0 bridgehead atoms. The lowest BCUT2D eigenvalue weighted by Crippen LogP contribution is -2.34. The molecule has 0 spiro atoms. The van der Waals surface area contributed by atoms with E-state index in [2.05, 4.69) is 20.2 Å². The van der Waals surface area contributed by atoms with Gasteiger partial charge in [0.2, 0.25) is 0 Å². The van der Waals surface area contributed by atoms with Crippen molar-refractivity contribution in [2.45, 2.75) is 6.92 Å². The number of benzene rings is 1. The van der Waals surface area contributed by atoms with Gasteiger partial charge in [-0.15, -0.1) is 5.10 Å². The first-order valence-electron chi connectivity index (χ1n) is 5.27. The lowest BCUT2D eigenvalue weighted by atomic mass is 10.3. The van der Waals surface area contributed by atoms with Crippen molar-refractivity contribution in [3.8, 4) is 5.75 Å². The summed E-state index contributed by atoms with van der Waals surface area (Å²) in [5.41, 5.74) is 0.671. The number of phenols is 1. The number of amides is 3. The van der Waals surface area contributed by atoms with Gasteiger partial charge in [-0.05, 0) is 30.6 Å². The van der Waals surface area contributed by atoms with Crippen LogP contribution >= 0.6 is 11.5 Å². The number of para-hydroxylation sites is 2. The van der Waals surface area contributed by atoms with E-state index < -0.39 is 11.9 Å². The molecule has 0 aliphatic heterocycles. The van der Waals surface area contributed by atoms with Crippen LogP contribution in [0.2, 0.25) is 0 Å². The molecule has 1 aromatic carbocycles. The van der Waals surface area contributed by atoms with Crippen molar-refractivity contribution in [1.29, 1.82) is 0 Å². The van der Waals surface area contributed by atoms with Crippen molar-refractivity contribution in [2.75, 3.05) is 5.32 Å². The fourth-order valence-corrected chi connectivity index (χ4v) is 1.88. The van der Waals surface area contributed by atoms with Crippen molar-refractivity contribution >= 4 is 29.2 Å². The molecule has 0 saturated heterocycles. The first-order chi connectivity index (χ1) is 9.08. The van der Waals surface area contributed by atoms with E-state index in [1.165, 1.54) is 12.1 Å². The second-order valence-corrected chi connectivity index (χ2v) is 4.37.